The van der Waals surface area contributed by atoms with E-state index in [1.54, 1.807) is 18.7 Å². The lowest BCUT2D eigenvalue weighted by Crippen LogP contribution is -2.24. The van der Waals surface area contributed by atoms with Crippen molar-refractivity contribution in [1.29, 1.82) is 0 Å². The third-order valence-corrected chi connectivity index (χ3v) is 3.81. The van der Waals surface area contributed by atoms with E-state index < -0.39 is 12.1 Å². The Hall–Kier alpha value is -3.47. The van der Waals surface area contributed by atoms with E-state index in [0.717, 1.165) is 17.5 Å². The van der Waals surface area contributed by atoms with Gasteiger partial charge in [-0.05, 0) is 43.3 Å². The number of esters is 1. The van der Waals surface area contributed by atoms with Gasteiger partial charge in [0.1, 0.15) is 6.10 Å². The molecule has 2 aromatic rings. The molecule has 0 aromatic heterocycles. The molecule has 0 fully saturated rings. The summed E-state index contributed by atoms with van der Waals surface area (Å²) in [5, 5.41) is 0. The Morgan fingerprint density at radius 2 is 1.43 bits per heavy atom. The van der Waals surface area contributed by atoms with Gasteiger partial charge >= 0.3 is 5.97 Å². The zero-order chi connectivity index (χ0) is 20.4. The fourth-order valence-electron chi connectivity index (χ4n) is 2.39. The van der Waals surface area contributed by atoms with Crippen molar-refractivity contribution in [2.45, 2.75) is 26.4 Å². The molecule has 0 heterocycles. The number of ketones is 1. The molecule has 5 nitrogen and oxygen atoms in total. The zero-order valence-corrected chi connectivity index (χ0v) is 15.9. The Morgan fingerprint density at radius 3 is 1.93 bits per heavy atom. The second-order valence-electron chi connectivity index (χ2n) is 6.00. The molecular formula is C23H23NO4. The van der Waals surface area contributed by atoms with Gasteiger partial charge in [0.25, 0.3) is 5.91 Å². The minimum absolute atomic E-state index is 0.156. The topological polar surface area (TPSA) is 63.7 Å². The molecule has 0 bridgehead atoms. The molecule has 144 valence electrons. The first kappa shape index (κ1) is 20.8. The predicted molar refractivity (Wildman–Crippen MR) is 109 cm³/mol. The van der Waals surface area contributed by atoms with Crippen LogP contribution >= 0.6 is 0 Å². The highest BCUT2D eigenvalue weighted by Crippen LogP contribution is 2.25. The van der Waals surface area contributed by atoms with E-state index in [2.05, 4.69) is 0 Å². The number of hydrogen-bond acceptors (Lipinski definition) is 4. The van der Waals surface area contributed by atoms with Crippen LogP contribution in [0.15, 0.2) is 85.0 Å². The summed E-state index contributed by atoms with van der Waals surface area (Å²) < 4.78 is 5.15. The van der Waals surface area contributed by atoms with Gasteiger partial charge in [0.2, 0.25) is 0 Å². The molecule has 0 aliphatic heterocycles. The van der Waals surface area contributed by atoms with Crippen molar-refractivity contribution in [3.05, 3.63) is 85.0 Å². The van der Waals surface area contributed by atoms with Crippen molar-refractivity contribution in [3.63, 3.8) is 0 Å². The number of benzene rings is 2. The zero-order valence-electron chi connectivity index (χ0n) is 15.9. The Morgan fingerprint density at radius 1 is 0.893 bits per heavy atom. The molecule has 0 spiro atoms. The Balaban J connectivity index is 2.10. The first-order chi connectivity index (χ1) is 13.5. The molecule has 0 unspecified atom stereocenters. The van der Waals surface area contributed by atoms with Gasteiger partial charge in [-0.25, -0.2) is 4.79 Å². The average Bonchev–Trinajstić information content (AvgIpc) is 2.72. The first-order valence-electron chi connectivity index (χ1n) is 9.05. The maximum atomic E-state index is 12.8. The van der Waals surface area contributed by atoms with Gasteiger partial charge in [-0.3, -0.25) is 14.5 Å². The van der Waals surface area contributed by atoms with Gasteiger partial charge in [0.05, 0.1) is 0 Å². The second kappa shape index (κ2) is 10.6. The Kier molecular flexibility index (Phi) is 7.91. The third-order valence-electron chi connectivity index (χ3n) is 3.81. The predicted octanol–water partition coefficient (Wildman–Crippen LogP) is 4.37. The highest BCUT2D eigenvalue weighted by molar-refractivity contribution is 6.07. The number of carbonyl (C=O) groups is 3. The van der Waals surface area contributed by atoms with Crippen LogP contribution < -0.4 is 4.90 Å². The van der Waals surface area contributed by atoms with Crippen LogP contribution in [0.2, 0.25) is 0 Å². The van der Waals surface area contributed by atoms with Gasteiger partial charge in [0, 0.05) is 29.9 Å². The average molecular weight is 377 g/mol. The molecule has 0 saturated carbocycles. The van der Waals surface area contributed by atoms with Crippen molar-refractivity contribution in [3.8, 4) is 0 Å². The Labute approximate surface area is 164 Å². The van der Waals surface area contributed by atoms with E-state index in [9.17, 15) is 14.4 Å². The normalized spacial score (nSPS) is 12.1. The summed E-state index contributed by atoms with van der Waals surface area (Å²) in [5.41, 5.74) is 1.46. The third kappa shape index (κ3) is 6.36. The minimum atomic E-state index is -0.630. The maximum Gasteiger partial charge on any atom is 0.331 e. The number of carbonyl (C=O) groups excluding carboxylic acids is 3. The van der Waals surface area contributed by atoms with Crippen LogP contribution in [0.3, 0.4) is 0 Å². The van der Waals surface area contributed by atoms with Crippen LogP contribution in [0, 0.1) is 0 Å². The van der Waals surface area contributed by atoms with E-state index in [4.69, 9.17) is 4.74 Å². The lowest BCUT2D eigenvalue weighted by Gasteiger charge is -2.21. The van der Waals surface area contributed by atoms with Crippen molar-refractivity contribution in [2.75, 3.05) is 4.90 Å². The maximum absolute atomic E-state index is 12.8. The summed E-state index contributed by atoms with van der Waals surface area (Å²) in [6.45, 7) is 3.35. The van der Waals surface area contributed by atoms with Crippen molar-refractivity contribution in [1.82, 2.24) is 0 Å². The summed E-state index contributed by atoms with van der Waals surface area (Å²) in [5.74, 6) is -1.05. The van der Waals surface area contributed by atoms with E-state index in [-0.39, 0.29) is 11.7 Å². The molecule has 28 heavy (non-hydrogen) atoms. The molecule has 0 aliphatic carbocycles. The summed E-state index contributed by atoms with van der Waals surface area (Å²) in [6.07, 6.45) is 4.87. The fraction of sp³-hybridized carbons (Fsp3) is 0.174. The number of rotatable bonds is 8. The van der Waals surface area contributed by atoms with E-state index in [0.29, 0.717) is 6.42 Å². The number of para-hydroxylation sites is 2. The number of anilines is 2. The van der Waals surface area contributed by atoms with E-state index in [1.165, 1.54) is 18.2 Å². The van der Waals surface area contributed by atoms with Crippen LogP contribution in [-0.4, -0.2) is 23.8 Å². The van der Waals surface area contributed by atoms with Crippen LogP contribution in [0.1, 0.15) is 20.3 Å². The molecule has 5 heteroatoms. The molecule has 2 aromatic carbocycles. The highest BCUT2D eigenvalue weighted by atomic mass is 16.5. The molecule has 2 rings (SSSR count). The number of allylic oxidation sites excluding steroid dienone is 1. The molecule has 0 saturated heterocycles. The largest absolute Gasteiger partial charge is 0.455 e. The van der Waals surface area contributed by atoms with Crippen LogP contribution in [0.5, 0.6) is 0 Å². The van der Waals surface area contributed by atoms with Crippen LogP contribution in [-0.2, 0) is 19.1 Å². The fourth-order valence-corrected chi connectivity index (χ4v) is 2.39. The first-order valence-corrected chi connectivity index (χ1v) is 9.05. The summed E-state index contributed by atoms with van der Waals surface area (Å²) in [4.78, 5) is 37.3. The smallest absolute Gasteiger partial charge is 0.331 e. The minimum Gasteiger partial charge on any atom is -0.455 e. The van der Waals surface area contributed by atoms with Gasteiger partial charge in [-0.1, -0.05) is 43.3 Å². The van der Waals surface area contributed by atoms with E-state index >= 15 is 0 Å². The van der Waals surface area contributed by atoms with Crippen molar-refractivity contribution >= 4 is 29.0 Å². The van der Waals surface area contributed by atoms with Gasteiger partial charge in [-0.2, -0.15) is 0 Å². The second-order valence-corrected chi connectivity index (χ2v) is 6.00. The van der Waals surface area contributed by atoms with Crippen molar-refractivity contribution in [2.24, 2.45) is 0 Å². The van der Waals surface area contributed by atoms with Crippen LogP contribution in [0.4, 0.5) is 11.4 Å². The monoisotopic (exact) mass is 377 g/mol. The van der Waals surface area contributed by atoms with Gasteiger partial charge < -0.3 is 4.74 Å². The van der Waals surface area contributed by atoms with Gasteiger partial charge in [0.15, 0.2) is 5.78 Å². The quantitative estimate of drug-likeness (QED) is 0.506. The lowest BCUT2D eigenvalue weighted by atomic mass is 10.2. The van der Waals surface area contributed by atoms with Crippen molar-refractivity contribution < 1.29 is 19.1 Å². The van der Waals surface area contributed by atoms with Gasteiger partial charge in [-0.15, -0.1) is 0 Å². The van der Waals surface area contributed by atoms with Crippen LogP contribution in [0.25, 0.3) is 0 Å². The Bertz CT molecular complexity index is 817. The van der Waals surface area contributed by atoms with E-state index in [1.807, 2.05) is 60.7 Å². The number of amides is 1. The molecule has 0 N–H and O–H groups in total. The number of ether oxygens (including phenoxy) is 1. The summed E-state index contributed by atoms with van der Waals surface area (Å²) in [7, 11) is 0. The summed E-state index contributed by atoms with van der Waals surface area (Å²) in [6, 6.07) is 18.6. The molecule has 1 atom stereocenters. The summed E-state index contributed by atoms with van der Waals surface area (Å²) >= 11 is 0. The molecule has 0 aliphatic rings. The highest BCUT2D eigenvalue weighted by Gasteiger charge is 2.15. The molecule has 0 radical (unpaired) electrons. The molecule has 1 amide bonds. The standard InChI is InChI=1S/C23H23NO4/c1-3-21(25)15-17-23(27)28-18(2)14-16-22(26)24(19-10-6-4-7-11-19)20-12-8-5-9-13-20/h4-18H,3H2,1-2H3/b16-14+,17-15?/t18-/m1/s1. The molecular weight excluding hydrogens is 354 g/mol. The lowest BCUT2D eigenvalue weighted by molar-refractivity contribution is -0.140. The number of hydrogen-bond donors (Lipinski definition) is 0. The SMILES string of the molecule is CCC(=O)C=CC(=O)O[C@H](C)/C=C/C(=O)N(c1ccccc1)c1ccccc1. The number of nitrogens with zero attached hydrogens (tertiary/aromatic N) is 1.